The van der Waals surface area contributed by atoms with Gasteiger partial charge in [0.2, 0.25) is 0 Å². The Morgan fingerprint density at radius 3 is 2.69 bits per heavy atom. The van der Waals surface area contributed by atoms with Crippen LogP contribution in [0.5, 0.6) is 5.75 Å². The SMILES string of the molecule is COc1ccc(NC(=O)C(=O)NCC2CCN(Cc3cccnc3)CC2)cc1Cl. The van der Waals surface area contributed by atoms with Gasteiger partial charge in [0.25, 0.3) is 0 Å². The van der Waals surface area contributed by atoms with Crippen LogP contribution in [0.1, 0.15) is 18.4 Å². The van der Waals surface area contributed by atoms with Crippen LogP contribution in [-0.2, 0) is 16.1 Å². The molecule has 0 atom stereocenters. The summed E-state index contributed by atoms with van der Waals surface area (Å²) in [6.45, 7) is 3.31. The number of piperidine rings is 1. The van der Waals surface area contributed by atoms with Gasteiger partial charge in [0.15, 0.2) is 0 Å². The van der Waals surface area contributed by atoms with E-state index in [1.54, 1.807) is 24.4 Å². The van der Waals surface area contributed by atoms with Crippen molar-refractivity contribution >= 4 is 29.1 Å². The number of ether oxygens (including phenoxy) is 1. The van der Waals surface area contributed by atoms with Crippen molar-refractivity contribution in [2.24, 2.45) is 5.92 Å². The quantitative estimate of drug-likeness (QED) is 0.707. The topological polar surface area (TPSA) is 83.6 Å². The molecule has 0 radical (unpaired) electrons. The van der Waals surface area contributed by atoms with Crippen LogP contribution in [0, 0.1) is 5.92 Å². The van der Waals surface area contributed by atoms with Gasteiger partial charge in [0.05, 0.1) is 12.1 Å². The largest absolute Gasteiger partial charge is 0.495 e. The standard InChI is InChI=1S/C21H25ClN4O3/c1-29-19-5-4-17(11-18(19)22)25-21(28)20(27)24-13-15-6-9-26(10-7-15)14-16-3-2-8-23-12-16/h2-5,8,11-12,15H,6-7,9-10,13-14H2,1H3,(H,24,27)(H,25,28). The number of hydrogen-bond donors (Lipinski definition) is 2. The van der Waals surface area contributed by atoms with E-state index in [1.807, 2.05) is 12.3 Å². The van der Waals surface area contributed by atoms with Crippen molar-refractivity contribution in [1.29, 1.82) is 0 Å². The summed E-state index contributed by atoms with van der Waals surface area (Å²) in [5.74, 6) is -0.480. The van der Waals surface area contributed by atoms with Crippen molar-refractivity contribution in [3.8, 4) is 5.75 Å². The lowest BCUT2D eigenvalue weighted by Crippen LogP contribution is -2.41. The minimum atomic E-state index is -0.708. The van der Waals surface area contributed by atoms with Crippen LogP contribution in [0.3, 0.4) is 0 Å². The summed E-state index contributed by atoms with van der Waals surface area (Å²) in [5.41, 5.74) is 1.65. The summed E-state index contributed by atoms with van der Waals surface area (Å²) in [7, 11) is 1.51. The summed E-state index contributed by atoms with van der Waals surface area (Å²) in [4.78, 5) is 30.7. The maximum atomic E-state index is 12.1. The average Bonchev–Trinajstić information content (AvgIpc) is 2.74. The maximum absolute atomic E-state index is 12.1. The molecule has 2 heterocycles. The highest BCUT2D eigenvalue weighted by atomic mass is 35.5. The molecule has 8 heteroatoms. The molecule has 1 aromatic carbocycles. The number of carbonyl (C=O) groups excluding carboxylic acids is 2. The van der Waals surface area contributed by atoms with Gasteiger partial charge in [-0.15, -0.1) is 0 Å². The van der Waals surface area contributed by atoms with Crippen LogP contribution in [0.15, 0.2) is 42.7 Å². The Bertz CT molecular complexity index is 839. The van der Waals surface area contributed by atoms with Crippen molar-refractivity contribution in [3.63, 3.8) is 0 Å². The van der Waals surface area contributed by atoms with Gasteiger partial charge in [-0.3, -0.25) is 19.5 Å². The molecule has 29 heavy (non-hydrogen) atoms. The molecule has 0 unspecified atom stereocenters. The van der Waals surface area contributed by atoms with Crippen LogP contribution < -0.4 is 15.4 Å². The number of aromatic nitrogens is 1. The lowest BCUT2D eigenvalue weighted by Gasteiger charge is -2.31. The number of amides is 2. The Morgan fingerprint density at radius 1 is 1.24 bits per heavy atom. The molecule has 7 nitrogen and oxygen atoms in total. The Hall–Kier alpha value is -2.64. The molecule has 1 saturated heterocycles. The van der Waals surface area contributed by atoms with Crippen LogP contribution >= 0.6 is 11.6 Å². The number of methoxy groups -OCH3 is 1. The van der Waals surface area contributed by atoms with Crippen molar-refractivity contribution in [3.05, 3.63) is 53.3 Å². The molecule has 154 valence electrons. The molecule has 1 aliphatic heterocycles. The van der Waals surface area contributed by atoms with Crippen LogP contribution in [0.2, 0.25) is 5.02 Å². The van der Waals surface area contributed by atoms with Crippen molar-refractivity contribution in [2.45, 2.75) is 19.4 Å². The van der Waals surface area contributed by atoms with Gasteiger partial charge in [0, 0.05) is 31.2 Å². The summed E-state index contributed by atoms with van der Waals surface area (Å²) in [6, 6.07) is 8.84. The number of nitrogens with zero attached hydrogens (tertiary/aromatic N) is 2. The third-order valence-electron chi connectivity index (χ3n) is 5.00. The van der Waals surface area contributed by atoms with E-state index < -0.39 is 11.8 Å². The minimum Gasteiger partial charge on any atom is -0.495 e. The number of rotatable bonds is 6. The number of anilines is 1. The highest BCUT2D eigenvalue weighted by Crippen LogP contribution is 2.27. The van der Waals surface area contributed by atoms with Crippen molar-refractivity contribution in [1.82, 2.24) is 15.2 Å². The fourth-order valence-corrected chi connectivity index (χ4v) is 3.61. The van der Waals surface area contributed by atoms with E-state index in [-0.39, 0.29) is 0 Å². The predicted octanol–water partition coefficient (Wildman–Crippen LogP) is 2.71. The molecule has 0 saturated carbocycles. The van der Waals surface area contributed by atoms with Gasteiger partial charge in [-0.25, -0.2) is 0 Å². The smallest absolute Gasteiger partial charge is 0.313 e. The van der Waals surface area contributed by atoms with Crippen LogP contribution in [0.4, 0.5) is 5.69 Å². The lowest BCUT2D eigenvalue weighted by atomic mass is 9.96. The number of pyridine rings is 1. The fourth-order valence-electron chi connectivity index (χ4n) is 3.35. The number of benzene rings is 1. The van der Waals surface area contributed by atoms with Gasteiger partial charge < -0.3 is 15.4 Å². The zero-order valence-electron chi connectivity index (χ0n) is 16.4. The van der Waals surface area contributed by atoms with Crippen molar-refractivity contribution in [2.75, 3.05) is 32.1 Å². The van der Waals surface area contributed by atoms with Gasteiger partial charge >= 0.3 is 11.8 Å². The molecule has 1 aromatic heterocycles. The van der Waals surface area contributed by atoms with Gasteiger partial charge in [0.1, 0.15) is 5.75 Å². The maximum Gasteiger partial charge on any atom is 0.313 e. The molecule has 2 N–H and O–H groups in total. The highest BCUT2D eigenvalue weighted by Gasteiger charge is 2.21. The van der Waals surface area contributed by atoms with E-state index in [2.05, 4.69) is 26.6 Å². The molecule has 2 aromatic rings. The number of halogens is 1. The van der Waals surface area contributed by atoms with Crippen LogP contribution in [-0.4, -0.2) is 48.4 Å². The molecule has 1 fully saturated rings. The fraction of sp³-hybridized carbons (Fsp3) is 0.381. The van der Waals surface area contributed by atoms with E-state index in [9.17, 15) is 9.59 Å². The second kappa shape index (κ2) is 10.2. The number of hydrogen-bond acceptors (Lipinski definition) is 5. The van der Waals surface area contributed by atoms with Crippen LogP contribution in [0.25, 0.3) is 0 Å². The second-order valence-corrected chi connectivity index (χ2v) is 7.50. The van der Waals surface area contributed by atoms with E-state index >= 15 is 0 Å². The van der Waals surface area contributed by atoms with Gasteiger partial charge in [-0.05, 0) is 61.7 Å². The van der Waals surface area contributed by atoms with E-state index in [1.165, 1.54) is 12.7 Å². The lowest BCUT2D eigenvalue weighted by molar-refractivity contribution is -0.136. The molecule has 0 aliphatic carbocycles. The second-order valence-electron chi connectivity index (χ2n) is 7.09. The number of likely N-dealkylation sites (tertiary alicyclic amines) is 1. The molecule has 3 rings (SSSR count). The molecule has 1 aliphatic rings. The Morgan fingerprint density at radius 2 is 2.03 bits per heavy atom. The first-order chi connectivity index (χ1) is 14.0. The normalized spacial score (nSPS) is 15.0. The summed E-state index contributed by atoms with van der Waals surface area (Å²) >= 11 is 6.03. The third kappa shape index (κ3) is 6.17. The minimum absolute atomic E-state index is 0.365. The monoisotopic (exact) mass is 416 g/mol. The van der Waals surface area contributed by atoms with E-state index in [4.69, 9.17) is 16.3 Å². The number of nitrogens with one attached hydrogen (secondary N) is 2. The Balaban J connectivity index is 1.39. The predicted molar refractivity (Wildman–Crippen MR) is 112 cm³/mol. The first kappa shape index (κ1) is 21.1. The van der Waals surface area contributed by atoms with E-state index in [0.717, 1.165) is 32.5 Å². The highest BCUT2D eigenvalue weighted by molar-refractivity contribution is 6.40. The first-order valence-corrected chi connectivity index (χ1v) is 9.97. The summed E-state index contributed by atoms with van der Waals surface area (Å²) in [5, 5.41) is 5.65. The summed E-state index contributed by atoms with van der Waals surface area (Å²) in [6.07, 6.45) is 5.63. The third-order valence-corrected chi connectivity index (χ3v) is 5.30. The van der Waals surface area contributed by atoms with Gasteiger partial charge in [-0.1, -0.05) is 17.7 Å². The van der Waals surface area contributed by atoms with E-state index in [0.29, 0.717) is 28.9 Å². The Labute approximate surface area is 175 Å². The zero-order chi connectivity index (χ0) is 20.6. The summed E-state index contributed by atoms with van der Waals surface area (Å²) < 4.78 is 5.07. The molecule has 0 spiro atoms. The van der Waals surface area contributed by atoms with Gasteiger partial charge in [-0.2, -0.15) is 0 Å². The Kier molecular flexibility index (Phi) is 7.43. The number of carbonyl (C=O) groups is 2. The molecular formula is C21H25ClN4O3. The molecule has 2 amide bonds. The van der Waals surface area contributed by atoms with Crippen molar-refractivity contribution < 1.29 is 14.3 Å². The molecule has 0 bridgehead atoms. The molecular weight excluding hydrogens is 392 g/mol. The average molecular weight is 417 g/mol. The zero-order valence-corrected chi connectivity index (χ0v) is 17.1. The first-order valence-electron chi connectivity index (χ1n) is 9.59.